The quantitative estimate of drug-likeness (QED) is 0.832. The Morgan fingerprint density at radius 3 is 2.41 bits per heavy atom. The van der Waals surface area contributed by atoms with Crippen LogP contribution < -0.4 is 5.32 Å². The van der Waals surface area contributed by atoms with E-state index in [1.165, 1.54) is 31.2 Å². The summed E-state index contributed by atoms with van der Waals surface area (Å²) in [7, 11) is 0. The lowest BCUT2D eigenvalue weighted by Gasteiger charge is -2.30. The first-order valence-corrected chi connectivity index (χ1v) is 7.46. The first-order valence-electron chi connectivity index (χ1n) is 6.66. The van der Waals surface area contributed by atoms with E-state index in [-0.39, 0.29) is 0 Å². The lowest BCUT2D eigenvalue weighted by molar-refractivity contribution is 0.259. The van der Waals surface area contributed by atoms with Crippen LogP contribution in [0, 0.1) is 5.92 Å². The average Bonchev–Trinajstić information content (AvgIpc) is 2.24. The summed E-state index contributed by atoms with van der Waals surface area (Å²) < 4.78 is 1.15. The molecule has 1 aromatic rings. The van der Waals surface area contributed by atoms with Gasteiger partial charge in [-0.05, 0) is 43.9 Å². The Kier molecular flexibility index (Phi) is 4.63. The van der Waals surface area contributed by atoms with Gasteiger partial charge in [0.15, 0.2) is 0 Å². The summed E-state index contributed by atoms with van der Waals surface area (Å²) in [6.07, 6.45) is 5.66. The molecular weight excluding hydrogens is 274 g/mol. The molecule has 0 radical (unpaired) electrons. The highest BCUT2D eigenvalue weighted by atomic mass is 79.9. The molecule has 1 N–H and O–H groups in total. The molecule has 0 amide bonds. The third-order valence-electron chi connectivity index (χ3n) is 3.82. The van der Waals surface area contributed by atoms with E-state index in [4.69, 9.17) is 0 Å². The molecule has 1 unspecified atom stereocenters. The van der Waals surface area contributed by atoms with Crippen molar-refractivity contribution in [3.63, 3.8) is 0 Å². The Labute approximate surface area is 113 Å². The zero-order valence-electron chi connectivity index (χ0n) is 10.7. The Morgan fingerprint density at radius 2 is 1.88 bits per heavy atom. The third kappa shape index (κ3) is 3.82. The molecule has 17 heavy (non-hydrogen) atoms. The predicted octanol–water partition coefficient (Wildman–Crippen LogP) is 4.68. The molecule has 2 heteroatoms. The summed E-state index contributed by atoms with van der Waals surface area (Å²) in [6.45, 7) is 4.56. The van der Waals surface area contributed by atoms with Gasteiger partial charge < -0.3 is 5.32 Å². The van der Waals surface area contributed by atoms with Crippen LogP contribution in [0.25, 0.3) is 0 Å². The van der Waals surface area contributed by atoms with Crippen molar-refractivity contribution in [1.82, 2.24) is 5.32 Å². The van der Waals surface area contributed by atoms with Crippen molar-refractivity contribution in [2.75, 3.05) is 0 Å². The van der Waals surface area contributed by atoms with E-state index in [2.05, 4.69) is 59.4 Å². The van der Waals surface area contributed by atoms with Crippen LogP contribution >= 0.6 is 15.9 Å². The molecule has 1 fully saturated rings. The van der Waals surface area contributed by atoms with Crippen LogP contribution in [0.15, 0.2) is 28.7 Å². The minimum absolute atomic E-state index is 0.443. The second-order valence-corrected chi connectivity index (χ2v) is 6.29. The first-order chi connectivity index (χ1) is 8.15. The number of nitrogens with one attached hydrogen (secondary N) is 1. The maximum Gasteiger partial charge on any atom is 0.0294 e. The van der Waals surface area contributed by atoms with Gasteiger partial charge in [0, 0.05) is 16.6 Å². The summed E-state index contributed by atoms with van der Waals surface area (Å²) in [5, 5.41) is 3.70. The van der Waals surface area contributed by atoms with Crippen LogP contribution in [0.4, 0.5) is 0 Å². The Balaban J connectivity index is 1.82. The molecule has 1 nitrogen and oxygen atoms in total. The van der Waals surface area contributed by atoms with Crippen LogP contribution in [0.5, 0.6) is 0 Å². The Bertz CT molecular complexity index is 342. The summed E-state index contributed by atoms with van der Waals surface area (Å²) in [5.74, 6) is 0.981. The maximum atomic E-state index is 3.70. The van der Waals surface area contributed by atoms with Gasteiger partial charge in [-0.25, -0.2) is 0 Å². The molecule has 1 aliphatic carbocycles. The van der Waals surface area contributed by atoms with E-state index in [9.17, 15) is 0 Å². The SMILES string of the molecule is CC(CC1CCC1)N[C@@H](C)c1ccc(Br)cc1. The third-order valence-corrected chi connectivity index (χ3v) is 4.34. The highest BCUT2D eigenvalue weighted by Crippen LogP contribution is 2.30. The van der Waals surface area contributed by atoms with Gasteiger partial charge in [0.05, 0.1) is 0 Å². The van der Waals surface area contributed by atoms with E-state index in [1.54, 1.807) is 0 Å². The molecule has 1 aliphatic rings. The van der Waals surface area contributed by atoms with Crippen molar-refractivity contribution >= 4 is 15.9 Å². The number of rotatable bonds is 5. The van der Waals surface area contributed by atoms with Crippen LogP contribution in [-0.2, 0) is 0 Å². The van der Waals surface area contributed by atoms with Crippen molar-refractivity contribution in [1.29, 1.82) is 0 Å². The zero-order valence-corrected chi connectivity index (χ0v) is 12.3. The van der Waals surface area contributed by atoms with Gasteiger partial charge >= 0.3 is 0 Å². The smallest absolute Gasteiger partial charge is 0.0294 e. The van der Waals surface area contributed by atoms with Gasteiger partial charge in [-0.15, -0.1) is 0 Å². The standard InChI is InChI=1S/C15H22BrN/c1-11(10-13-4-3-5-13)17-12(2)14-6-8-15(16)9-7-14/h6-9,11-13,17H,3-5,10H2,1-2H3/t11?,12-/m0/s1. The average molecular weight is 296 g/mol. The summed E-state index contributed by atoms with van der Waals surface area (Å²) >= 11 is 3.47. The lowest BCUT2D eigenvalue weighted by atomic mass is 9.81. The number of benzene rings is 1. The van der Waals surface area contributed by atoms with Crippen LogP contribution in [-0.4, -0.2) is 6.04 Å². The van der Waals surface area contributed by atoms with Gasteiger partial charge in [0.2, 0.25) is 0 Å². The minimum Gasteiger partial charge on any atom is -0.308 e. The summed E-state index contributed by atoms with van der Waals surface area (Å²) in [4.78, 5) is 0. The van der Waals surface area contributed by atoms with Crippen LogP contribution in [0.2, 0.25) is 0 Å². The first kappa shape index (κ1) is 13.1. The monoisotopic (exact) mass is 295 g/mol. The largest absolute Gasteiger partial charge is 0.308 e. The number of hydrogen-bond donors (Lipinski definition) is 1. The number of hydrogen-bond acceptors (Lipinski definition) is 1. The van der Waals surface area contributed by atoms with E-state index < -0.39 is 0 Å². The fraction of sp³-hybridized carbons (Fsp3) is 0.600. The lowest BCUT2D eigenvalue weighted by Crippen LogP contribution is -2.32. The topological polar surface area (TPSA) is 12.0 Å². The van der Waals surface area contributed by atoms with Crippen LogP contribution in [0.3, 0.4) is 0 Å². The highest BCUT2D eigenvalue weighted by Gasteiger charge is 2.20. The molecule has 0 spiro atoms. The Hall–Kier alpha value is -0.340. The molecule has 0 saturated heterocycles. The second-order valence-electron chi connectivity index (χ2n) is 5.37. The normalized spacial score (nSPS) is 19.7. The van der Waals surface area contributed by atoms with Crippen molar-refractivity contribution in [3.05, 3.63) is 34.3 Å². The van der Waals surface area contributed by atoms with Gasteiger partial charge in [0.1, 0.15) is 0 Å². The molecule has 2 atom stereocenters. The fourth-order valence-electron chi connectivity index (χ4n) is 2.57. The predicted molar refractivity (Wildman–Crippen MR) is 77.1 cm³/mol. The molecular formula is C15H22BrN. The van der Waals surface area contributed by atoms with Crippen molar-refractivity contribution < 1.29 is 0 Å². The maximum absolute atomic E-state index is 3.70. The summed E-state index contributed by atoms with van der Waals surface area (Å²) in [5.41, 5.74) is 1.37. The van der Waals surface area contributed by atoms with E-state index in [0.29, 0.717) is 12.1 Å². The summed E-state index contributed by atoms with van der Waals surface area (Å²) in [6, 6.07) is 9.68. The fourth-order valence-corrected chi connectivity index (χ4v) is 2.84. The minimum atomic E-state index is 0.443. The second kappa shape index (κ2) is 6.01. The van der Waals surface area contributed by atoms with Gasteiger partial charge in [0.25, 0.3) is 0 Å². The number of halogens is 1. The van der Waals surface area contributed by atoms with Gasteiger partial charge in [-0.3, -0.25) is 0 Å². The molecule has 0 aliphatic heterocycles. The van der Waals surface area contributed by atoms with E-state index in [0.717, 1.165) is 10.4 Å². The van der Waals surface area contributed by atoms with E-state index in [1.807, 2.05) is 0 Å². The highest BCUT2D eigenvalue weighted by molar-refractivity contribution is 9.10. The molecule has 0 aromatic heterocycles. The molecule has 1 saturated carbocycles. The molecule has 94 valence electrons. The molecule has 2 rings (SSSR count). The van der Waals surface area contributed by atoms with Crippen molar-refractivity contribution in [3.8, 4) is 0 Å². The Morgan fingerprint density at radius 1 is 1.24 bits per heavy atom. The zero-order chi connectivity index (χ0) is 12.3. The van der Waals surface area contributed by atoms with Crippen LogP contribution in [0.1, 0.15) is 51.1 Å². The van der Waals surface area contributed by atoms with Gasteiger partial charge in [-0.1, -0.05) is 47.3 Å². The van der Waals surface area contributed by atoms with Crippen molar-refractivity contribution in [2.24, 2.45) is 5.92 Å². The van der Waals surface area contributed by atoms with Gasteiger partial charge in [-0.2, -0.15) is 0 Å². The van der Waals surface area contributed by atoms with E-state index >= 15 is 0 Å². The molecule has 0 heterocycles. The molecule has 0 bridgehead atoms. The molecule has 1 aromatic carbocycles. The van der Waals surface area contributed by atoms with Crippen molar-refractivity contribution in [2.45, 2.75) is 51.6 Å².